The number of rotatable bonds is 1. The second-order valence-corrected chi connectivity index (χ2v) is 6.12. The zero-order valence-electron chi connectivity index (χ0n) is 13.7. The molecule has 1 aromatic rings. The van der Waals surface area contributed by atoms with Crippen molar-refractivity contribution in [3.8, 4) is 11.5 Å². The lowest BCUT2D eigenvalue weighted by molar-refractivity contribution is -0.130. The van der Waals surface area contributed by atoms with Crippen LogP contribution in [-0.4, -0.2) is 25.2 Å². The lowest BCUT2D eigenvalue weighted by atomic mass is 10.00. The topological polar surface area (TPSA) is 76.7 Å². The highest BCUT2D eigenvalue weighted by atomic mass is 16.7. The second-order valence-electron chi connectivity index (χ2n) is 6.12. The SMILES string of the molecule is C[C@H]1CC(=O)NCC/C=C\C[C@@H](c2ccc3c(c2)OCO3)NC1=O. The molecule has 128 valence electrons. The van der Waals surface area contributed by atoms with E-state index in [4.69, 9.17) is 9.47 Å². The molecule has 2 aliphatic rings. The maximum absolute atomic E-state index is 12.4. The van der Waals surface area contributed by atoms with Crippen LogP contribution in [0.4, 0.5) is 0 Å². The fraction of sp³-hybridized carbons (Fsp3) is 0.444. The molecule has 0 aliphatic carbocycles. The monoisotopic (exact) mass is 330 g/mol. The van der Waals surface area contributed by atoms with Gasteiger partial charge in [0.1, 0.15) is 0 Å². The lowest BCUT2D eigenvalue weighted by Gasteiger charge is -2.21. The fourth-order valence-electron chi connectivity index (χ4n) is 2.81. The summed E-state index contributed by atoms with van der Waals surface area (Å²) in [6.07, 6.45) is 5.72. The number of ether oxygens (including phenoxy) is 2. The van der Waals surface area contributed by atoms with E-state index in [1.54, 1.807) is 6.92 Å². The largest absolute Gasteiger partial charge is 0.454 e. The average Bonchev–Trinajstić information content (AvgIpc) is 3.03. The zero-order chi connectivity index (χ0) is 16.9. The minimum Gasteiger partial charge on any atom is -0.454 e. The Bertz CT molecular complexity index is 656. The van der Waals surface area contributed by atoms with E-state index in [1.165, 1.54) is 0 Å². The van der Waals surface area contributed by atoms with Gasteiger partial charge in [0.15, 0.2) is 11.5 Å². The van der Waals surface area contributed by atoms with Gasteiger partial charge in [0, 0.05) is 18.9 Å². The van der Waals surface area contributed by atoms with Gasteiger partial charge in [0.05, 0.1) is 6.04 Å². The van der Waals surface area contributed by atoms with Gasteiger partial charge in [-0.15, -0.1) is 0 Å². The molecule has 0 aromatic heterocycles. The predicted molar refractivity (Wildman–Crippen MR) is 88.6 cm³/mol. The molecule has 0 bridgehead atoms. The van der Waals surface area contributed by atoms with Crippen LogP contribution in [0.5, 0.6) is 11.5 Å². The quantitative estimate of drug-likeness (QED) is 0.773. The summed E-state index contributed by atoms with van der Waals surface area (Å²) in [7, 11) is 0. The van der Waals surface area contributed by atoms with Crippen LogP contribution in [-0.2, 0) is 9.59 Å². The van der Waals surface area contributed by atoms with E-state index in [9.17, 15) is 9.59 Å². The van der Waals surface area contributed by atoms with Crippen LogP contribution >= 0.6 is 0 Å². The highest BCUT2D eigenvalue weighted by Crippen LogP contribution is 2.35. The van der Waals surface area contributed by atoms with Crippen LogP contribution in [0.2, 0.25) is 0 Å². The molecule has 2 N–H and O–H groups in total. The Balaban J connectivity index is 1.80. The minimum absolute atomic E-state index is 0.0914. The van der Waals surface area contributed by atoms with Crippen molar-refractivity contribution < 1.29 is 19.1 Å². The number of fused-ring (bicyclic) bond motifs is 1. The van der Waals surface area contributed by atoms with Gasteiger partial charge in [-0.3, -0.25) is 9.59 Å². The van der Waals surface area contributed by atoms with Crippen LogP contribution in [0.15, 0.2) is 30.4 Å². The number of carbonyl (C=O) groups is 2. The van der Waals surface area contributed by atoms with Crippen LogP contribution in [0, 0.1) is 5.92 Å². The van der Waals surface area contributed by atoms with E-state index >= 15 is 0 Å². The van der Waals surface area contributed by atoms with Gasteiger partial charge < -0.3 is 20.1 Å². The molecule has 6 heteroatoms. The van der Waals surface area contributed by atoms with Gasteiger partial charge in [-0.05, 0) is 30.5 Å². The summed E-state index contributed by atoms with van der Waals surface area (Å²) in [5.74, 6) is 0.834. The molecule has 2 heterocycles. The smallest absolute Gasteiger partial charge is 0.231 e. The molecule has 2 atom stereocenters. The third-order valence-corrected chi connectivity index (χ3v) is 4.23. The molecule has 0 fully saturated rings. The molecule has 2 amide bonds. The van der Waals surface area contributed by atoms with E-state index < -0.39 is 0 Å². The van der Waals surface area contributed by atoms with E-state index in [1.807, 2.05) is 30.4 Å². The summed E-state index contributed by atoms with van der Waals surface area (Å²) in [5.41, 5.74) is 0.964. The van der Waals surface area contributed by atoms with Crippen molar-refractivity contribution in [1.29, 1.82) is 0 Å². The first-order valence-corrected chi connectivity index (χ1v) is 8.25. The molecule has 6 nitrogen and oxygen atoms in total. The highest BCUT2D eigenvalue weighted by molar-refractivity contribution is 5.85. The van der Waals surface area contributed by atoms with Crippen molar-refractivity contribution in [2.45, 2.75) is 32.2 Å². The number of carbonyl (C=O) groups excluding carboxylic acids is 2. The van der Waals surface area contributed by atoms with Crippen molar-refractivity contribution in [1.82, 2.24) is 10.6 Å². The van der Waals surface area contributed by atoms with Crippen molar-refractivity contribution >= 4 is 11.8 Å². The Morgan fingerprint density at radius 1 is 1.12 bits per heavy atom. The first-order chi connectivity index (χ1) is 11.6. The lowest BCUT2D eigenvalue weighted by Crippen LogP contribution is -2.36. The fourth-order valence-corrected chi connectivity index (χ4v) is 2.81. The van der Waals surface area contributed by atoms with Crippen molar-refractivity contribution in [3.05, 3.63) is 35.9 Å². The van der Waals surface area contributed by atoms with E-state index in [0.29, 0.717) is 18.7 Å². The summed E-state index contributed by atoms with van der Waals surface area (Å²) in [6.45, 7) is 2.59. The molecule has 0 radical (unpaired) electrons. The van der Waals surface area contributed by atoms with Gasteiger partial charge in [-0.1, -0.05) is 25.1 Å². The number of hydrogen-bond donors (Lipinski definition) is 2. The predicted octanol–water partition coefficient (Wildman–Crippen LogP) is 2.06. The van der Waals surface area contributed by atoms with Gasteiger partial charge in [-0.2, -0.15) is 0 Å². The summed E-state index contributed by atoms with van der Waals surface area (Å²) >= 11 is 0. The summed E-state index contributed by atoms with van der Waals surface area (Å²) in [5, 5.41) is 5.87. The van der Waals surface area contributed by atoms with Crippen LogP contribution < -0.4 is 20.1 Å². The van der Waals surface area contributed by atoms with Crippen molar-refractivity contribution in [3.63, 3.8) is 0 Å². The normalized spacial score (nSPS) is 25.9. The van der Waals surface area contributed by atoms with Gasteiger partial charge in [-0.25, -0.2) is 0 Å². The third-order valence-electron chi connectivity index (χ3n) is 4.23. The van der Waals surface area contributed by atoms with Crippen molar-refractivity contribution in [2.75, 3.05) is 13.3 Å². The Morgan fingerprint density at radius 3 is 2.83 bits per heavy atom. The average molecular weight is 330 g/mol. The van der Waals surface area contributed by atoms with E-state index in [0.717, 1.165) is 17.7 Å². The first kappa shape index (κ1) is 16.4. The summed E-state index contributed by atoms with van der Waals surface area (Å²) in [4.78, 5) is 24.2. The minimum atomic E-state index is -0.370. The van der Waals surface area contributed by atoms with Crippen LogP contribution in [0.3, 0.4) is 0 Å². The molecule has 0 saturated heterocycles. The molecule has 1 aromatic carbocycles. The van der Waals surface area contributed by atoms with Crippen molar-refractivity contribution in [2.24, 2.45) is 5.92 Å². The van der Waals surface area contributed by atoms with Crippen LogP contribution in [0.1, 0.15) is 37.8 Å². The molecule has 3 rings (SSSR count). The maximum atomic E-state index is 12.4. The molecule has 2 aliphatic heterocycles. The molecular weight excluding hydrogens is 308 g/mol. The molecule has 0 unspecified atom stereocenters. The number of hydrogen-bond acceptors (Lipinski definition) is 4. The van der Waals surface area contributed by atoms with Crippen LogP contribution in [0.25, 0.3) is 0 Å². The van der Waals surface area contributed by atoms with E-state index in [2.05, 4.69) is 10.6 Å². The van der Waals surface area contributed by atoms with Gasteiger partial charge >= 0.3 is 0 Å². The number of nitrogens with one attached hydrogen (secondary N) is 2. The Morgan fingerprint density at radius 2 is 1.96 bits per heavy atom. The summed E-state index contributed by atoms with van der Waals surface area (Å²) in [6, 6.07) is 5.55. The van der Waals surface area contributed by atoms with E-state index in [-0.39, 0.29) is 37.0 Å². The van der Waals surface area contributed by atoms with Gasteiger partial charge in [0.2, 0.25) is 18.6 Å². The maximum Gasteiger partial charge on any atom is 0.231 e. The number of amides is 2. The Hall–Kier alpha value is -2.50. The molecule has 24 heavy (non-hydrogen) atoms. The second kappa shape index (κ2) is 7.38. The Kier molecular flexibility index (Phi) is 5.03. The third kappa shape index (κ3) is 3.88. The highest BCUT2D eigenvalue weighted by Gasteiger charge is 2.23. The molecular formula is C18H22N2O4. The van der Waals surface area contributed by atoms with Gasteiger partial charge in [0.25, 0.3) is 0 Å². The Labute approximate surface area is 141 Å². The molecule has 0 spiro atoms. The standard InChI is InChI=1S/C18H22N2O4/c1-12-9-17(21)19-8-4-2-3-5-14(20-18(12)22)13-6-7-15-16(10-13)24-11-23-15/h2-3,6-7,10,12,14H,4-5,8-9,11H2,1H3,(H,19,21)(H,20,22)/b3-2-/t12-,14-/m0/s1. The molecule has 0 saturated carbocycles. The number of benzene rings is 1. The zero-order valence-corrected chi connectivity index (χ0v) is 13.7. The summed E-state index contributed by atoms with van der Waals surface area (Å²) < 4.78 is 10.8. The first-order valence-electron chi connectivity index (χ1n) is 8.25.